The van der Waals surface area contributed by atoms with Crippen molar-refractivity contribution >= 4 is 34.7 Å². The first kappa shape index (κ1) is 18.5. The molecule has 0 saturated carbocycles. The lowest BCUT2D eigenvalue weighted by molar-refractivity contribution is -0.114. The Labute approximate surface area is 169 Å². The van der Waals surface area contributed by atoms with Crippen LogP contribution in [0.3, 0.4) is 0 Å². The third-order valence-corrected chi connectivity index (χ3v) is 6.32. The SMILES string of the molecule is CC1=CSC2=NC(=O)/C(=C\c3cc(C)n(-c4cccc(C)c4C)c3C)C(=N)N12. The highest BCUT2D eigenvalue weighted by molar-refractivity contribution is 8.16. The molecule has 0 saturated heterocycles. The second-order valence-corrected chi connectivity index (χ2v) is 8.04. The third kappa shape index (κ3) is 2.76. The molecule has 1 aromatic heterocycles. The molecule has 2 aromatic rings. The van der Waals surface area contributed by atoms with Gasteiger partial charge in [0.15, 0.2) is 5.17 Å². The molecule has 2 aliphatic rings. The maximum absolute atomic E-state index is 12.6. The van der Waals surface area contributed by atoms with Gasteiger partial charge in [0.2, 0.25) is 0 Å². The van der Waals surface area contributed by atoms with Crippen molar-refractivity contribution in [3.63, 3.8) is 0 Å². The van der Waals surface area contributed by atoms with Crippen molar-refractivity contribution in [2.24, 2.45) is 4.99 Å². The summed E-state index contributed by atoms with van der Waals surface area (Å²) in [7, 11) is 0. The number of nitrogens with zero attached hydrogens (tertiary/aromatic N) is 3. The number of aromatic nitrogens is 1. The summed E-state index contributed by atoms with van der Waals surface area (Å²) in [4.78, 5) is 18.5. The molecule has 0 atom stereocenters. The smallest absolute Gasteiger partial charge is 0.283 e. The summed E-state index contributed by atoms with van der Waals surface area (Å²) < 4.78 is 2.21. The zero-order chi connectivity index (χ0) is 20.2. The average molecular weight is 391 g/mol. The second-order valence-electron chi connectivity index (χ2n) is 7.20. The van der Waals surface area contributed by atoms with Gasteiger partial charge in [0, 0.05) is 22.8 Å². The molecular weight excluding hydrogens is 368 g/mol. The summed E-state index contributed by atoms with van der Waals surface area (Å²) in [5.74, 6) is -0.173. The number of rotatable bonds is 2. The van der Waals surface area contributed by atoms with E-state index >= 15 is 0 Å². The Hall–Kier alpha value is -2.86. The fraction of sp³-hybridized carbons (Fsp3) is 0.227. The predicted molar refractivity (Wildman–Crippen MR) is 116 cm³/mol. The maximum atomic E-state index is 12.6. The Morgan fingerprint density at radius 1 is 1.14 bits per heavy atom. The van der Waals surface area contributed by atoms with Gasteiger partial charge in [0.05, 0.1) is 5.57 Å². The Balaban J connectivity index is 1.82. The molecule has 0 spiro atoms. The van der Waals surface area contributed by atoms with Crippen LogP contribution in [-0.2, 0) is 4.79 Å². The first-order valence-electron chi connectivity index (χ1n) is 9.12. The Bertz CT molecular complexity index is 1130. The van der Waals surface area contributed by atoms with E-state index in [0.29, 0.717) is 10.7 Å². The van der Waals surface area contributed by atoms with Gasteiger partial charge < -0.3 is 4.57 Å². The van der Waals surface area contributed by atoms with E-state index in [1.54, 1.807) is 11.0 Å². The van der Waals surface area contributed by atoms with Gasteiger partial charge in [-0.3, -0.25) is 15.1 Å². The molecule has 6 heteroatoms. The number of amidine groups is 2. The van der Waals surface area contributed by atoms with Gasteiger partial charge in [-0.05, 0) is 74.9 Å². The van der Waals surface area contributed by atoms with Crippen LogP contribution in [0.5, 0.6) is 0 Å². The van der Waals surface area contributed by atoms with Crippen LogP contribution >= 0.6 is 11.8 Å². The molecule has 3 heterocycles. The average Bonchev–Trinajstić information content (AvgIpc) is 3.14. The summed E-state index contributed by atoms with van der Waals surface area (Å²) in [5.41, 5.74) is 7.90. The highest BCUT2D eigenvalue weighted by atomic mass is 32.2. The number of benzene rings is 1. The van der Waals surface area contributed by atoms with Gasteiger partial charge >= 0.3 is 0 Å². The standard InChI is InChI=1S/C22H22N4OS/c1-12-7-6-8-19(15(12)4)25-13(2)9-17(16(25)5)10-18-20(23)26-14(3)11-28-22(26)24-21(18)27/h6-11,23H,1-5H3/b18-10-,23-20?. The molecule has 1 N–H and O–H groups in total. The van der Waals surface area contributed by atoms with Crippen LogP contribution in [0, 0.1) is 33.1 Å². The first-order chi connectivity index (χ1) is 13.3. The van der Waals surface area contributed by atoms with Crippen molar-refractivity contribution in [3.05, 3.63) is 69.0 Å². The normalized spacial score (nSPS) is 17.9. The van der Waals surface area contributed by atoms with Crippen molar-refractivity contribution in [3.8, 4) is 5.69 Å². The van der Waals surface area contributed by atoms with Gasteiger partial charge in [-0.1, -0.05) is 23.9 Å². The minimum Gasteiger partial charge on any atom is -0.318 e. The van der Waals surface area contributed by atoms with Crippen LogP contribution in [0.4, 0.5) is 0 Å². The fourth-order valence-corrected chi connectivity index (χ4v) is 4.54. The Morgan fingerprint density at radius 2 is 1.89 bits per heavy atom. The molecular formula is C22H22N4OS. The van der Waals surface area contributed by atoms with Crippen molar-refractivity contribution in [1.82, 2.24) is 9.47 Å². The molecule has 1 aromatic carbocycles. The number of hydrogen-bond acceptors (Lipinski definition) is 3. The van der Waals surface area contributed by atoms with E-state index in [1.165, 1.54) is 22.9 Å². The van der Waals surface area contributed by atoms with E-state index in [9.17, 15) is 4.79 Å². The molecule has 4 rings (SSSR count). The van der Waals surface area contributed by atoms with Gasteiger partial charge in [0.1, 0.15) is 5.84 Å². The molecule has 2 aliphatic heterocycles. The minimum absolute atomic E-state index is 0.185. The zero-order valence-corrected chi connectivity index (χ0v) is 17.4. The van der Waals surface area contributed by atoms with Crippen LogP contribution in [0.2, 0.25) is 0 Å². The first-order valence-corrected chi connectivity index (χ1v) is 10.00. The predicted octanol–water partition coefficient (Wildman–Crippen LogP) is 4.88. The molecule has 0 unspecified atom stereocenters. The molecule has 0 radical (unpaired) electrons. The van der Waals surface area contributed by atoms with E-state index in [-0.39, 0.29) is 11.7 Å². The quantitative estimate of drug-likeness (QED) is 0.744. The highest BCUT2D eigenvalue weighted by Gasteiger charge is 2.34. The maximum Gasteiger partial charge on any atom is 0.283 e. The molecule has 0 aliphatic carbocycles. The summed E-state index contributed by atoms with van der Waals surface area (Å²) in [6.07, 6.45) is 1.80. The van der Waals surface area contributed by atoms with Gasteiger partial charge in [0.25, 0.3) is 5.91 Å². The topological polar surface area (TPSA) is 61.5 Å². The van der Waals surface area contributed by atoms with Crippen molar-refractivity contribution in [2.45, 2.75) is 34.6 Å². The van der Waals surface area contributed by atoms with E-state index in [4.69, 9.17) is 5.41 Å². The number of aryl methyl sites for hydroxylation is 2. The summed E-state index contributed by atoms with van der Waals surface area (Å²) >= 11 is 1.38. The highest BCUT2D eigenvalue weighted by Crippen LogP contribution is 2.33. The number of carbonyl (C=O) groups is 1. The molecule has 142 valence electrons. The number of thioether (sulfide) groups is 1. The number of carbonyl (C=O) groups excluding carboxylic acids is 1. The van der Waals surface area contributed by atoms with Crippen molar-refractivity contribution in [2.75, 3.05) is 0 Å². The lowest BCUT2D eigenvalue weighted by Crippen LogP contribution is -2.37. The van der Waals surface area contributed by atoms with E-state index in [1.807, 2.05) is 19.3 Å². The number of amides is 1. The lowest BCUT2D eigenvalue weighted by atomic mass is 10.1. The van der Waals surface area contributed by atoms with Gasteiger partial charge in [-0.15, -0.1) is 0 Å². The molecule has 5 nitrogen and oxygen atoms in total. The van der Waals surface area contributed by atoms with Gasteiger partial charge in [-0.2, -0.15) is 4.99 Å². The molecule has 28 heavy (non-hydrogen) atoms. The monoisotopic (exact) mass is 390 g/mol. The van der Waals surface area contributed by atoms with Gasteiger partial charge in [-0.25, -0.2) is 0 Å². The zero-order valence-electron chi connectivity index (χ0n) is 16.6. The van der Waals surface area contributed by atoms with Crippen LogP contribution in [0.1, 0.15) is 35.0 Å². The summed E-state index contributed by atoms with van der Waals surface area (Å²) in [5, 5.41) is 11.0. The summed E-state index contributed by atoms with van der Waals surface area (Å²) in [6, 6.07) is 8.34. The fourth-order valence-electron chi connectivity index (χ4n) is 3.68. The van der Waals surface area contributed by atoms with Crippen LogP contribution < -0.4 is 0 Å². The van der Waals surface area contributed by atoms with E-state index in [2.05, 4.69) is 54.6 Å². The molecule has 1 amide bonds. The number of fused-ring (bicyclic) bond motifs is 1. The number of hydrogen-bond donors (Lipinski definition) is 1. The minimum atomic E-state index is -0.358. The summed E-state index contributed by atoms with van der Waals surface area (Å²) in [6.45, 7) is 10.3. The molecule has 0 fully saturated rings. The largest absolute Gasteiger partial charge is 0.318 e. The van der Waals surface area contributed by atoms with Crippen LogP contribution in [0.15, 0.2) is 45.9 Å². The third-order valence-electron chi connectivity index (χ3n) is 5.37. The Kier molecular flexibility index (Phi) is 4.38. The molecule has 0 bridgehead atoms. The Morgan fingerprint density at radius 3 is 2.64 bits per heavy atom. The van der Waals surface area contributed by atoms with Crippen LogP contribution in [-0.4, -0.2) is 26.4 Å². The number of allylic oxidation sites excluding steroid dienone is 1. The lowest BCUT2D eigenvalue weighted by Gasteiger charge is -2.25. The van der Waals surface area contributed by atoms with Crippen molar-refractivity contribution < 1.29 is 4.79 Å². The number of nitrogens with one attached hydrogen (secondary N) is 1. The van der Waals surface area contributed by atoms with Crippen LogP contribution in [0.25, 0.3) is 11.8 Å². The number of aliphatic imine (C=N–C) groups is 1. The van der Waals surface area contributed by atoms with Crippen molar-refractivity contribution in [1.29, 1.82) is 5.41 Å². The van der Waals surface area contributed by atoms with E-state index < -0.39 is 0 Å². The second kappa shape index (κ2) is 6.63. The van der Waals surface area contributed by atoms with E-state index in [0.717, 1.165) is 28.3 Å².